The summed E-state index contributed by atoms with van der Waals surface area (Å²) in [6.45, 7) is 4.26. The summed E-state index contributed by atoms with van der Waals surface area (Å²) in [4.78, 5) is 4.10. The van der Waals surface area contributed by atoms with Crippen LogP contribution in [0.2, 0.25) is 0 Å². The molecule has 0 aliphatic heterocycles. The Balaban J connectivity index is 2.31. The third kappa shape index (κ3) is 1.60. The maximum Gasteiger partial charge on any atom is 0.214 e. The van der Waals surface area contributed by atoms with Crippen molar-refractivity contribution in [2.24, 2.45) is 0 Å². The van der Waals surface area contributed by atoms with Crippen LogP contribution in [-0.4, -0.2) is 19.7 Å². The Morgan fingerprint density at radius 2 is 2.36 bits per heavy atom. The molecule has 0 fully saturated rings. The number of rotatable bonds is 2. The molecular formula is C8H10N4OS. The molecule has 0 spiro atoms. The van der Waals surface area contributed by atoms with Gasteiger partial charge in [0.1, 0.15) is 18.1 Å². The van der Waals surface area contributed by atoms with Gasteiger partial charge in [-0.15, -0.1) is 0 Å². The van der Waals surface area contributed by atoms with E-state index >= 15 is 0 Å². The molecule has 6 heteroatoms. The van der Waals surface area contributed by atoms with Crippen molar-refractivity contribution >= 4 is 12.2 Å². The van der Waals surface area contributed by atoms with Crippen molar-refractivity contribution in [2.45, 2.75) is 20.4 Å². The zero-order chi connectivity index (χ0) is 10.1. The quantitative estimate of drug-likeness (QED) is 0.765. The Bertz CT molecular complexity index is 495. The number of hydrogen-bond donors (Lipinski definition) is 1. The normalized spacial score (nSPS) is 10.7. The average molecular weight is 210 g/mol. The van der Waals surface area contributed by atoms with Gasteiger partial charge in [-0.05, 0) is 26.1 Å². The Hall–Kier alpha value is -1.43. The summed E-state index contributed by atoms with van der Waals surface area (Å²) in [5, 5.41) is 6.71. The first-order valence-electron chi connectivity index (χ1n) is 4.20. The van der Waals surface area contributed by atoms with E-state index in [4.69, 9.17) is 16.6 Å². The van der Waals surface area contributed by atoms with Crippen molar-refractivity contribution in [1.29, 1.82) is 0 Å². The fourth-order valence-electron chi connectivity index (χ4n) is 1.19. The standard InChI is InChI=1S/C8H10N4OS/c1-5-3-9-7(13-5)4-12-6(2)10-11-8(12)14/h3H,4H2,1-2H3,(H,11,14). The number of aromatic amines is 1. The van der Waals surface area contributed by atoms with Crippen molar-refractivity contribution in [3.63, 3.8) is 0 Å². The summed E-state index contributed by atoms with van der Waals surface area (Å²) in [6, 6.07) is 0. The van der Waals surface area contributed by atoms with Gasteiger partial charge in [-0.2, -0.15) is 5.10 Å². The van der Waals surface area contributed by atoms with E-state index in [1.807, 2.05) is 18.4 Å². The number of nitrogens with one attached hydrogen (secondary N) is 1. The number of hydrogen-bond acceptors (Lipinski definition) is 4. The maximum atomic E-state index is 5.35. The third-order valence-corrected chi connectivity index (χ3v) is 2.22. The topological polar surface area (TPSA) is 59.6 Å². The van der Waals surface area contributed by atoms with Gasteiger partial charge in [0.05, 0.1) is 6.20 Å². The van der Waals surface area contributed by atoms with Crippen molar-refractivity contribution in [3.05, 3.63) is 28.4 Å². The largest absolute Gasteiger partial charge is 0.444 e. The lowest BCUT2D eigenvalue weighted by molar-refractivity contribution is 0.454. The minimum atomic E-state index is 0.523. The molecule has 0 aliphatic carbocycles. The fraction of sp³-hybridized carbons (Fsp3) is 0.375. The molecule has 0 bridgehead atoms. The predicted octanol–water partition coefficient (Wildman–Crippen LogP) is 1.59. The minimum absolute atomic E-state index is 0.523. The van der Waals surface area contributed by atoms with Gasteiger partial charge in [-0.1, -0.05) is 0 Å². The Morgan fingerprint density at radius 1 is 1.57 bits per heavy atom. The second-order valence-corrected chi connectivity index (χ2v) is 3.41. The Morgan fingerprint density at radius 3 is 2.86 bits per heavy atom. The molecule has 0 aromatic carbocycles. The molecule has 0 unspecified atom stereocenters. The minimum Gasteiger partial charge on any atom is -0.444 e. The van der Waals surface area contributed by atoms with Crippen LogP contribution >= 0.6 is 12.2 Å². The summed E-state index contributed by atoms with van der Waals surface area (Å²) < 4.78 is 7.76. The lowest BCUT2D eigenvalue weighted by Crippen LogP contribution is -2.02. The van der Waals surface area contributed by atoms with Gasteiger partial charge >= 0.3 is 0 Å². The first kappa shape index (κ1) is 9.14. The lowest BCUT2D eigenvalue weighted by atomic mass is 10.6. The van der Waals surface area contributed by atoms with E-state index in [1.54, 1.807) is 6.20 Å². The fourth-order valence-corrected chi connectivity index (χ4v) is 1.43. The van der Waals surface area contributed by atoms with Gasteiger partial charge in [-0.3, -0.25) is 9.67 Å². The monoisotopic (exact) mass is 210 g/mol. The number of H-pyrrole nitrogens is 1. The molecule has 2 heterocycles. The van der Waals surface area contributed by atoms with Crippen LogP contribution in [0.25, 0.3) is 0 Å². The van der Waals surface area contributed by atoms with Crippen LogP contribution in [0.15, 0.2) is 10.6 Å². The molecular weight excluding hydrogens is 200 g/mol. The van der Waals surface area contributed by atoms with Crippen molar-refractivity contribution in [3.8, 4) is 0 Å². The molecule has 2 aromatic rings. The molecule has 0 radical (unpaired) electrons. The van der Waals surface area contributed by atoms with Crippen LogP contribution in [0.3, 0.4) is 0 Å². The third-order valence-electron chi connectivity index (χ3n) is 1.91. The highest BCUT2D eigenvalue weighted by Gasteiger charge is 2.05. The van der Waals surface area contributed by atoms with E-state index in [2.05, 4.69) is 15.2 Å². The first-order chi connectivity index (χ1) is 6.66. The van der Waals surface area contributed by atoms with E-state index in [1.165, 1.54) is 0 Å². The number of aromatic nitrogens is 4. The van der Waals surface area contributed by atoms with E-state index in [-0.39, 0.29) is 0 Å². The number of aryl methyl sites for hydroxylation is 2. The number of oxazole rings is 1. The van der Waals surface area contributed by atoms with Crippen LogP contribution in [-0.2, 0) is 6.54 Å². The summed E-state index contributed by atoms with van der Waals surface area (Å²) in [7, 11) is 0. The zero-order valence-electron chi connectivity index (χ0n) is 7.94. The Kier molecular flexibility index (Phi) is 2.20. The van der Waals surface area contributed by atoms with Crippen molar-refractivity contribution < 1.29 is 4.42 Å². The second kappa shape index (κ2) is 3.38. The highest BCUT2D eigenvalue weighted by Crippen LogP contribution is 2.05. The highest BCUT2D eigenvalue weighted by atomic mass is 32.1. The average Bonchev–Trinajstić information content (AvgIpc) is 2.67. The number of nitrogens with zero attached hydrogens (tertiary/aromatic N) is 3. The lowest BCUT2D eigenvalue weighted by Gasteiger charge is -1.98. The van der Waals surface area contributed by atoms with Gasteiger partial charge in [0, 0.05) is 0 Å². The smallest absolute Gasteiger partial charge is 0.214 e. The molecule has 0 saturated carbocycles. The van der Waals surface area contributed by atoms with E-state index < -0.39 is 0 Å². The van der Waals surface area contributed by atoms with Gasteiger partial charge in [0.15, 0.2) is 4.77 Å². The van der Waals surface area contributed by atoms with Crippen molar-refractivity contribution in [2.75, 3.05) is 0 Å². The van der Waals surface area contributed by atoms with Crippen LogP contribution in [0.1, 0.15) is 17.5 Å². The van der Waals surface area contributed by atoms with E-state index in [0.717, 1.165) is 11.6 Å². The molecule has 2 aromatic heterocycles. The molecule has 0 atom stereocenters. The molecule has 0 aliphatic rings. The SMILES string of the molecule is Cc1cnc(Cn2c(C)n[nH]c2=S)o1. The predicted molar refractivity (Wildman–Crippen MR) is 52.5 cm³/mol. The zero-order valence-corrected chi connectivity index (χ0v) is 8.76. The Labute approximate surface area is 85.8 Å². The highest BCUT2D eigenvalue weighted by molar-refractivity contribution is 7.71. The molecule has 0 saturated heterocycles. The molecule has 0 amide bonds. The van der Waals surface area contributed by atoms with Crippen molar-refractivity contribution in [1.82, 2.24) is 19.7 Å². The van der Waals surface area contributed by atoms with Crippen LogP contribution in [0, 0.1) is 18.6 Å². The van der Waals surface area contributed by atoms with Crippen LogP contribution < -0.4 is 0 Å². The second-order valence-electron chi connectivity index (χ2n) is 3.03. The summed E-state index contributed by atoms with van der Waals surface area (Å²) in [5.41, 5.74) is 0. The van der Waals surface area contributed by atoms with E-state index in [9.17, 15) is 0 Å². The summed E-state index contributed by atoms with van der Waals surface area (Å²) in [6.07, 6.45) is 1.69. The van der Waals surface area contributed by atoms with Crippen LogP contribution in [0.4, 0.5) is 0 Å². The van der Waals surface area contributed by atoms with Gasteiger partial charge < -0.3 is 4.42 Å². The van der Waals surface area contributed by atoms with Gasteiger partial charge in [0.2, 0.25) is 5.89 Å². The molecule has 2 rings (SSSR count). The van der Waals surface area contributed by atoms with Gasteiger partial charge in [0.25, 0.3) is 0 Å². The molecule has 14 heavy (non-hydrogen) atoms. The molecule has 5 nitrogen and oxygen atoms in total. The molecule has 74 valence electrons. The first-order valence-corrected chi connectivity index (χ1v) is 4.61. The van der Waals surface area contributed by atoms with E-state index in [0.29, 0.717) is 17.2 Å². The van der Waals surface area contributed by atoms with Gasteiger partial charge in [-0.25, -0.2) is 4.98 Å². The molecule has 1 N–H and O–H groups in total. The van der Waals surface area contributed by atoms with Crippen LogP contribution in [0.5, 0.6) is 0 Å². The summed E-state index contributed by atoms with van der Waals surface area (Å²) >= 11 is 5.05. The maximum absolute atomic E-state index is 5.35. The summed E-state index contributed by atoms with van der Waals surface area (Å²) in [5.74, 6) is 2.27.